The number of nitrogens with one attached hydrogen (secondary N) is 2. The van der Waals surface area contributed by atoms with Crippen molar-refractivity contribution in [1.29, 1.82) is 4.78 Å². The molecule has 32 heavy (non-hydrogen) atoms. The molecule has 0 bridgehead atoms. The zero-order valence-corrected chi connectivity index (χ0v) is 18.4. The molecule has 4 rings (SSSR count). The summed E-state index contributed by atoms with van der Waals surface area (Å²) in [5.74, 6) is -0.480. The normalized spacial score (nSPS) is 13.1. The molecule has 0 aliphatic heterocycles. The zero-order valence-electron chi connectivity index (χ0n) is 17.5. The maximum Gasteiger partial charge on any atom is 0.224 e. The number of aryl methyl sites for hydroxylation is 1. The van der Waals surface area contributed by atoms with Crippen LogP contribution >= 0.6 is 0 Å². The van der Waals surface area contributed by atoms with Crippen molar-refractivity contribution >= 4 is 32.2 Å². The summed E-state index contributed by atoms with van der Waals surface area (Å²) < 4.78 is 35.6. The summed E-state index contributed by atoms with van der Waals surface area (Å²) >= 11 is 0. The maximum absolute atomic E-state index is 13.2. The minimum Gasteiger partial charge on any atom is -0.326 e. The molecule has 0 fully saturated rings. The highest BCUT2D eigenvalue weighted by Crippen LogP contribution is 2.28. The van der Waals surface area contributed by atoms with Gasteiger partial charge in [-0.05, 0) is 41.8 Å². The second-order valence-electron chi connectivity index (χ2n) is 7.74. The van der Waals surface area contributed by atoms with Crippen molar-refractivity contribution in [2.45, 2.75) is 24.3 Å². The van der Waals surface area contributed by atoms with Crippen molar-refractivity contribution < 1.29 is 13.4 Å². The molecule has 0 spiro atoms. The van der Waals surface area contributed by atoms with E-state index in [4.69, 9.17) is 4.78 Å². The van der Waals surface area contributed by atoms with Gasteiger partial charge in [0.05, 0.1) is 26.7 Å². The number of benzene rings is 3. The number of nitrogens with zero attached hydrogens (tertiary/aromatic N) is 2. The first-order valence-electron chi connectivity index (χ1n) is 10.1. The predicted octanol–water partition coefficient (Wildman–Crippen LogP) is 4.83. The van der Waals surface area contributed by atoms with Gasteiger partial charge in [0.15, 0.2) is 0 Å². The Balaban J connectivity index is 1.59. The van der Waals surface area contributed by atoms with E-state index in [1.54, 1.807) is 35.1 Å². The lowest BCUT2D eigenvalue weighted by Gasteiger charge is -2.09. The summed E-state index contributed by atoms with van der Waals surface area (Å²) in [5.41, 5.74) is 2.92. The van der Waals surface area contributed by atoms with Gasteiger partial charge in [0, 0.05) is 29.9 Å². The molecule has 1 amide bonds. The second kappa shape index (κ2) is 8.92. The van der Waals surface area contributed by atoms with E-state index in [1.165, 1.54) is 18.4 Å². The van der Waals surface area contributed by atoms with Crippen LogP contribution in [0.2, 0.25) is 0 Å². The SMILES string of the molecule is CS(=N)(=O)c1cc(NC(=O)CCc2ccccc2)cc2nn(Cc3ccc(F)cc3)cc12. The summed E-state index contributed by atoms with van der Waals surface area (Å²) in [5, 5.41) is 7.97. The molecule has 0 aliphatic carbocycles. The molecule has 1 heterocycles. The summed E-state index contributed by atoms with van der Waals surface area (Å²) in [7, 11) is -3.06. The Morgan fingerprint density at radius 3 is 2.50 bits per heavy atom. The third-order valence-electron chi connectivity index (χ3n) is 5.08. The van der Waals surface area contributed by atoms with Crippen molar-refractivity contribution in [3.05, 3.63) is 89.9 Å². The molecule has 0 saturated carbocycles. The molecule has 164 valence electrons. The average Bonchev–Trinajstić information content (AvgIpc) is 3.15. The van der Waals surface area contributed by atoms with E-state index < -0.39 is 9.73 Å². The Labute approximate surface area is 186 Å². The first kappa shape index (κ1) is 21.7. The second-order valence-corrected chi connectivity index (χ2v) is 9.86. The third kappa shape index (κ3) is 5.20. The molecule has 6 nitrogen and oxygen atoms in total. The minimum atomic E-state index is -3.06. The van der Waals surface area contributed by atoms with Crippen LogP contribution in [-0.2, 0) is 27.5 Å². The first-order chi connectivity index (χ1) is 15.3. The van der Waals surface area contributed by atoms with E-state index in [9.17, 15) is 13.4 Å². The lowest BCUT2D eigenvalue weighted by atomic mass is 10.1. The maximum atomic E-state index is 13.2. The summed E-state index contributed by atoms with van der Waals surface area (Å²) in [6, 6.07) is 19.2. The number of aromatic nitrogens is 2. The number of carbonyl (C=O) groups excluding carboxylic acids is 1. The topological polar surface area (TPSA) is 87.8 Å². The molecule has 0 aliphatic rings. The van der Waals surface area contributed by atoms with Gasteiger partial charge in [-0.3, -0.25) is 9.48 Å². The van der Waals surface area contributed by atoms with Gasteiger partial charge in [0.1, 0.15) is 5.82 Å². The van der Waals surface area contributed by atoms with Gasteiger partial charge in [-0.1, -0.05) is 42.5 Å². The Hall–Kier alpha value is -3.52. The van der Waals surface area contributed by atoms with E-state index in [0.29, 0.717) is 40.9 Å². The van der Waals surface area contributed by atoms with E-state index in [0.717, 1.165) is 11.1 Å². The van der Waals surface area contributed by atoms with Crippen molar-refractivity contribution in [2.24, 2.45) is 0 Å². The van der Waals surface area contributed by atoms with Gasteiger partial charge in [-0.15, -0.1) is 0 Å². The van der Waals surface area contributed by atoms with Crippen LogP contribution in [0.5, 0.6) is 0 Å². The molecular formula is C24H23FN4O2S. The van der Waals surface area contributed by atoms with Crippen molar-refractivity contribution in [3.8, 4) is 0 Å². The molecule has 0 saturated heterocycles. The number of halogens is 1. The summed E-state index contributed by atoms with van der Waals surface area (Å²) in [6.07, 6.45) is 3.99. The van der Waals surface area contributed by atoms with Crippen LogP contribution in [0.3, 0.4) is 0 Å². The Morgan fingerprint density at radius 2 is 1.81 bits per heavy atom. The minimum absolute atomic E-state index is 0.169. The number of anilines is 1. The number of amides is 1. The number of hydrogen-bond acceptors (Lipinski definition) is 4. The fourth-order valence-electron chi connectivity index (χ4n) is 3.52. The molecule has 0 radical (unpaired) electrons. The van der Waals surface area contributed by atoms with Crippen LogP contribution in [0.4, 0.5) is 10.1 Å². The molecule has 1 unspecified atom stereocenters. The van der Waals surface area contributed by atoms with E-state index in [-0.39, 0.29) is 11.7 Å². The predicted molar refractivity (Wildman–Crippen MR) is 124 cm³/mol. The van der Waals surface area contributed by atoms with Crippen LogP contribution in [0, 0.1) is 10.6 Å². The van der Waals surface area contributed by atoms with Gasteiger partial charge in [-0.2, -0.15) is 5.10 Å². The molecule has 8 heteroatoms. The van der Waals surface area contributed by atoms with E-state index in [1.807, 2.05) is 30.3 Å². The Bertz CT molecular complexity index is 1360. The Kier molecular flexibility index (Phi) is 6.05. The molecule has 1 atom stereocenters. The molecule has 3 aromatic carbocycles. The molecule has 1 aromatic heterocycles. The third-order valence-corrected chi connectivity index (χ3v) is 6.26. The van der Waals surface area contributed by atoms with Crippen LogP contribution in [-0.4, -0.2) is 26.2 Å². The van der Waals surface area contributed by atoms with E-state index >= 15 is 0 Å². The summed E-state index contributed by atoms with van der Waals surface area (Å²) in [4.78, 5) is 12.8. The van der Waals surface area contributed by atoms with E-state index in [2.05, 4.69) is 10.4 Å². The fourth-order valence-corrected chi connectivity index (χ4v) is 4.45. The lowest BCUT2D eigenvalue weighted by molar-refractivity contribution is -0.116. The number of rotatable bonds is 7. The molecular weight excluding hydrogens is 427 g/mol. The van der Waals surface area contributed by atoms with Crippen LogP contribution < -0.4 is 5.32 Å². The monoisotopic (exact) mass is 450 g/mol. The fraction of sp³-hybridized carbons (Fsp3) is 0.167. The van der Waals surface area contributed by atoms with Crippen LogP contribution in [0.25, 0.3) is 10.9 Å². The van der Waals surface area contributed by atoms with Crippen molar-refractivity contribution in [1.82, 2.24) is 9.78 Å². The largest absolute Gasteiger partial charge is 0.326 e. The highest BCUT2D eigenvalue weighted by molar-refractivity contribution is 7.92. The lowest BCUT2D eigenvalue weighted by Crippen LogP contribution is -2.13. The highest BCUT2D eigenvalue weighted by Gasteiger charge is 2.16. The Morgan fingerprint density at radius 1 is 1.09 bits per heavy atom. The standard InChI is InChI=1S/C24H23FN4O2S/c1-32(26,31)23-14-20(27-24(30)12-9-17-5-3-2-4-6-17)13-22-21(23)16-29(28-22)15-18-7-10-19(25)11-8-18/h2-8,10-11,13-14,16,26H,9,12,15H2,1H3,(H,27,30). The summed E-state index contributed by atoms with van der Waals surface area (Å²) in [6.45, 7) is 0.399. The number of fused-ring (bicyclic) bond motifs is 1. The smallest absolute Gasteiger partial charge is 0.224 e. The van der Waals surface area contributed by atoms with Gasteiger partial charge >= 0.3 is 0 Å². The van der Waals surface area contributed by atoms with Crippen LogP contribution in [0.15, 0.2) is 77.8 Å². The van der Waals surface area contributed by atoms with Gasteiger partial charge in [0.2, 0.25) is 5.91 Å². The molecule has 2 N–H and O–H groups in total. The van der Waals surface area contributed by atoms with Crippen LogP contribution in [0.1, 0.15) is 17.5 Å². The van der Waals surface area contributed by atoms with Crippen molar-refractivity contribution in [2.75, 3.05) is 11.6 Å². The van der Waals surface area contributed by atoms with Gasteiger partial charge in [0.25, 0.3) is 0 Å². The van der Waals surface area contributed by atoms with Crippen molar-refractivity contribution in [3.63, 3.8) is 0 Å². The van der Waals surface area contributed by atoms with Gasteiger partial charge in [-0.25, -0.2) is 13.4 Å². The molecule has 4 aromatic rings. The number of hydrogen-bond donors (Lipinski definition) is 2. The first-order valence-corrected chi connectivity index (χ1v) is 12.1. The van der Waals surface area contributed by atoms with Gasteiger partial charge < -0.3 is 5.32 Å². The zero-order chi connectivity index (χ0) is 22.7. The highest BCUT2D eigenvalue weighted by atomic mass is 32.2. The quantitative estimate of drug-likeness (QED) is 0.423. The average molecular weight is 451 g/mol. The number of carbonyl (C=O) groups is 1.